The number of fused-ring (bicyclic) bond motifs is 2. The average Bonchev–Trinajstić information content (AvgIpc) is 3.52. The van der Waals surface area contributed by atoms with Gasteiger partial charge in [-0.25, -0.2) is 0 Å². The van der Waals surface area contributed by atoms with Crippen molar-refractivity contribution >= 4 is 48.9 Å². The fourth-order valence-electron chi connectivity index (χ4n) is 5.59. The minimum absolute atomic E-state index is 0.193. The van der Waals surface area contributed by atoms with E-state index in [-0.39, 0.29) is 30.8 Å². The number of likely N-dealkylation sites (tertiary alicyclic amines) is 1. The standard InChI is InChI=1S/C27H31B2N3O9/c1-15(30-25(35)16-5-7-18-13-40-28(38)21(18)10-16)24(27(37)32-9-3-2-4-20(32)12-23(33)34)31-26(36)17-6-8-19-14-41-29(39)22(19)11-17/h5-8,10-11,15,20,24,38-39H,2-4,9,12-14H2,1H3,(H,30,35)(H,31,36)(H,33,34)/t15?,20-,24?/m0/s1. The first-order valence-electron chi connectivity index (χ1n) is 13.6. The number of aliphatic carboxylic acids is 1. The lowest BCUT2D eigenvalue weighted by Gasteiger charge is -2.38. The molecule has 0 aliphatic carbocycles. The van der Waals surface area contributed by atoms with Crippen molar-refractivity contribution in [3.63, 3.8) is 0 Å². The van der Waals surface area contributed by atoms with E-state index in [0.717, 1.165) is 17.5 Å². The number of nitrogens with one attached hydrogen (secondary N) is 2. The Kier molecular flexibility index (Phi) is 8.45. The number of carboxylic acids is 1. The summed E-state index contributed by atoms with van der Waals surface area (Å²) >= 11 is 0. The van der Waals surface area contributed by atoms with Gasteiger partial charge in [0.05, 0.1) is 25.7 Å². The van der Waals surface area contributed by atoms with E-state index in [9.17, 15) is 34.3 Å². The molecule has 3 heterocycles. The van der Waals surface area contributed by atoms with Gasteiger partial charge in [0.1, 0.15) is 6.04 Å². The molecule has 5 N–H and O–H groups in total. The number of hydrogen-bond acceptors (Lipinski definition) is 8. The molecular weight excluding hydrogens is 532 g/mol. The molecule has 3 amide bonds. The molecule has 3 aliphatic heterocycles. The van der Waals surface area contributed by atoms with E-state index in [1.165, 1.54) is 17.0 Å². The molecule has 0 bridgehead atoms. The summed E-state index contributed by atoms with van der Waals surface area (Å²) in [4.78, 5) is 53.5. The number of piperidine rings is 1. The van der Waals surface area contributed by atoms with E-state index in [1.54, 1.807) is 31.2 Å². The molecular formula is C27H31B2N3O9. The van der Waals surface area contributed by atoms with Crippen LogP contribution in [0.4, 0.5) is 0 Å². The number of carbonyl (C=O) groups excluding carboxylic acids is 3. The number of amides is 3. The molecule has 14 heteroatoms. The maximum absolute atomic E-state index is 13.9. The maximum atomic E-state index is 13.9. The van der Waals surface area contributed by atoms with Crippen LogP contribution in [0.1, 0.15) is 64.4 Å². The molecule has 1 fully saturated rings. The van der Waals surface area contributed by atoms with Crippen LogP contribution in [0.15, 0.2) is 36.4 Å². The molecule has 0 aromatic heterocycles. The topological polar surface area (TPSA) is 175 Å². The molecule has 0 saturated carbocycles. The van der Waals surface area contributed by atoms with Crippen molar-refractivity contribution in [2.75, 3.05) is 6.54 Å². The Hall–Kier alpha value is -3.71. The van der Waals surface area contributed by atoms with E-state index >= 15 is 0 Å². The molecule has 0 spiro atoms. The van der Waals surface area contributed by atoms with Gasteiger partial charge in [0.25, 0.3) is 11.8 Å². The Labute approximate surface area is 237 Å². The second-order valence-corrected chi connectivity index (χ2v) is 10.6. The van der Waals surface area contributed by atoms with Crippen molar-refractivity contribution in [2.24, 2.45) is 0 Å². The van der Waals surface area contributed by atoms with Crippen molar-refractivity contribution in [1.29, 1.82) is 0 Å². The summed E-state index contributed by atoms with van der Waals surface area (Å²) in [5.74, 6) is -2.65. The fraction of sp³-hybridized carbons (Fsp3) is 0.407. The van der Waals surface area contributed by atoms with Gasteiger partial charge in [0.2, 0.25) is 5.91 Å². The monoisotopic (exact) mass is 563 g/mol. The third kappa shape index (κ3) is 6.15. The zero-order chi connectivity index (χ0) is 29.3. The first-order valence-corrected chi connectivity index (χ1v) is 13.6. The minimum atomic E-state index is -1.22. The van der Waals surface area contributed by atoms with E-state index < -0.39 is 56.1 Å². The van der Waals surface area contributed by atoms with Gasteiger partial charge in [0, 0.05) is 23.7 Å². The maximum Gasteiger partial charge on any atom is 0.491 e. The van der Waals surface area contributed by atoms with Crippen LogP contribution in [0.3, 0.4) is 0 Å². The Balaban J connectivity index is 1.39. The number of nitrogens with zero attached hydrogens (tertiary/aromatic N) is 1. The van der Waals surface area contributed by atoms with Gasteiger partial charge in [-0.2, -0.15) is 0 Å². The summed E-state index contributed by atoms with van der Waals surface area (Å²) in [6.07, 6.45) is 1.75. The van der Waals surface area contributed by atoms with Crippen molar-refractivity contribution < 1.29 is 43.6 Å². The van der Waals surface area contributed by atoms with Crippen LogP contribution in [0.25, 0.3) is 0 Å². The molecule has 12 nitrogen and oxygen atoms in total. The quantitative estimate of drug-likeness (QED) is 0.250. The highest BCUT2D eigenvalue weighted by Crippen LogP contribution is 2.22. The molecule has 41 heavy (non-hydrogen) atoms. The predicted octanol–water partition coefficient (Wildman–Crippen LogP) is -1.11. The van der Waals surface area contributed by atoms with Gasteiger partial charge in [-0.15, -0.1) is 0 Å². The highest BCUT2D eigenvalue weighted by Gasteiger charge is 2.38. The van der Waals surface area contributed by atoms with Crippen molar-refractivity contribution in [2.45, 2.75) is 63.9 Å². The zero-order valence-corrected chi connectivity index (χ0v) is 22.5. The van der Waals surface area contributed by atoms with Crippen LogP contribution in [0.2, 0.25) is 0 Å². The van der Waals surface area contributed by atoms with Crippen molar-refractivity contribution in [3.05, 3.63) is 58.7 Å². The van der Waals surface area contributed by atoms with Gasteiger partial charge in [0.15, 0.2) is 0 Å². The van der Waals surface area contributed by atoms with Crippen LogP contribution in [-0.2, 0) is 32.1 Å². The van der Waals surface area contributed by atoms with Crippen LogP contribution in [0.5, 0.6) is 0 Å². The summed E-state index contributed by atoms with van der Waals surface area (Å²) in [5.41, 5.74) is 2.89. The van der Waals surface area contributed by atoms with Gasteiger partial charge >= 0.3 is 20.2 Å². The van der Waals surface area contributed by atoms with E-state index in [0.29, 0.717) is 30.3 Å². The van der Waals surface area contributed by atoms with Crippen LogP contribution in [-0.4, -0.2) is 82.7 Å². The lowest BCUT2D eigenvalue weighted by Crippen LogP contribution is -2.60. The van der Waals surface area contributed by atoms with Gasteiger partial charge in [-0.3, -0.25) is 19.2 Å². The first kappa shape index (κ1) is 28.8. The lowest BCUT2D eigenvalue weighted by molar-refractivity contribution is -0.143. The molecule has 5 rings (SSSR count). The second kappa shape index (κ2) is 12.0. The third-order valence-electron chi connectivity index (χ3n) is 7.87. The van der Waals surface area contributed by atoms with Gasteiger partial charge < -0.3 is 40.0 Å². The third-order valence-corrected chi connectivity index (χ3v) is 7.87. The lowest BCUT2D eigenvalue weighted by atomic mass is 9.78. The average molecular weight is 563 g/mol. The van der Waals surface area contributed by atoms with Crippen LogP contribution < -0.4 is 21.6 Å². The number of carbonyl (C=O) groups is 4. The summed E-state index contributed by atoms with van der Waals surface area (Å²) in [5, 5.41) is 35.0. The molecule has 3 atom stereocenters. The largest absolute Gasteiger partial charge is 0.491 e. The SMILES string of the molecule is CC(NC(=O)c1ccc2c(c1)B(O)OC2)C(NC(=O)c1ccc2c(c1)B(O)OC2)C(=O)N1CCCC[C@H]1CC(=O)O. The Morgan fingerprint density at radius 2 is 1.49 bits per heavy atom. The predicted molar refractivity (Wildman–Crippen MR) is 147 cm³/mol. The normalized spacial score (nSPS) is 19.3. The summed E-state index contributed by atoms with van der Waals surface area (Å²) in [7, 11) is -2.29. The Morgan fingerprint density at radius 3 is 2.05 bits per heavy atom. The van der Waals surface area contributed by atoms with Gasteiger partial charge in [-0.1, -0.05) is 12.1 Å². The summed E-state index contributed by atoms with van der Waals surface area (Å²) in [6.45, 7) is 2.36. The smallest absolute Gasteiger partial charge is 0.481 e. The summed E-state index contributed by atoms with van der Waals surface area (Å²) in [6, 6.07) is 6.86. The van der Waals surface area contributed by atoms with E-state index in [4.69, 9.17) is 9.31 Å². The molecule has 2 aromatic carbocycles. The van der Waals surface area contributed by atoms with Crippen molar-refractivity contribution in [1.82, 2.24) is 15.5 Å². The number of hydrogen-bond donors (Lipinski definition) is 5. The van der Waals surface area contributed by atoms with Crippen molar-refractivity contribution in [3.8, 4) is 0 Å². The van der Waals surface area contributed by atoms with Crippen LogP contribution in [0, 0.1) is 0 Å². The highest BCUT2D eigenvalue weighted by atomic mass is 16.5. The molecule has 0 radical (unpaired) electrons. The Morgan fingerprint density at radius 1 is 0.927 bits per heavy atom. The fourth-order valence-corrected chi connectivity index (χ4v) is 5.59. The van der Waals surface area contributed by atoms with Crippen LogP contribution >= 0.6 is 0 Å². The second-order valence-electron chi connectivity index (χ2n) is 10.6. The molecule has 3 aliphatic rings. The Bertz CT molecular complexity index is 1370. The molecule has 2 aromatic rings. The number of benzene rings is 2. The highest BCUT2D eigenvalue weighted by molar-refractivity contribution is 6.62. The summed E-state index contributed by atoms with van der Waals surface area (Å²) < 4.78 is 10.4. The zero-order valence-electron chi connectivity index (χ0n) is 22.5. The van der Waals surface area contributed by atoms with E-state index in [2.05, 4.69) is 10.6 Å². The molecule has 2 unspecified atom stereocenters. The molecule has 214 valence electrons. The minimum Gasteiger partial charge on any atom is -0.481 e. The van der Waals surface area contributed by atoms with Gasteiger partial charge in [-0.05, 0) is 72.5 Å². The molecule has 1 saturated heterocycles. The number of carboxylic acid groups (broad SMARTS) is 1. The van der Waals surface area contributed by atoms with E-state index in [1.807, 2.05) is 0 Å². The number of rotatable bonds is 8. The first-order chi connectivity index (χ1) is 19.6.